The molecule has 2 N–H and O–H groups in total. The highest BCUT2D eigenvalue weighted by molar-refractivity contribution is 8.26. The van der Waals surface area contributed by atoms with Crippen LogP contribution in [0.3, 0.4) is 0 Å². The van der Waals surface area contributed by atoms with Gasteiger partial charge in [-0.25, -0.2) is 4.98 Å². The molecule has 1 fully saturated rings. The van der Waals surface area contributed by atoms with Crippen molar-refractivity contribution in [3.05, 3.63) is 70.9 Å². The van der Waals surface area contributed by atoms with E-state index in [0.717, 1.165) is 22.3 Å². The Kier molecular flexibility index (Phi) is 4.76. The van der Waals surface area contributed by atoms with E-state index in [1.165, 1.54) is 24.3 Å². The third-order valence-electron chi connectivity index (χ3n) is 3.86. The molecule has 9 heteroatoms. The second-order valence-corrected chi connectivity index (χ2v) is 7.47. The van der Waals surface area contributed by atoms with Gasteiger partial charge in [0.2, 0.25) is 0 Å². The molecule has 4 rings (SSSR count). The number of phenolic OH excluding ortho intramolecular Hbond substituents is 1. The number of benzene rings is 2. The molecule has 28 heavy (non-hydrogen) atoms. The minimum Gasteiger partial charge on any atom is -0.508 e. The average molecular weight is 408 g/mol. The molecule has 0 aliphatic carbocycles. The van der Waals surface area contributed by atoms with Gasteiger partial charge in [-0.2, -0.15) is 5.01 Å². The molecule has 2 aromatic carbocycles. The highest BCUT2D eigenvalue weighted by atomic mass is 32.2. The molecular weight excluding hydrogens is 396 g/mol. The van der Waals surface area contributed by atoms with Crippen molar-refractivity contribution in [2.75, 3.05) is 0 Å². The molecule has 0 unspecified atom stereocenters. The summed E-state index contributed by atoms with van der Waals surface area (Å²) in [6, 6.07) is 13.2. The van der Waals surface area contributed by atoms with Crippen molar-refractivity contribution < 1.29 is 14.7 Å². The van der Waals surface area contributed by atoms with E-state index in [9.17, 15) is 14.7 Å². The van der Waals surface area contributed by atoms with Crippen molar-refractivity contribution >= 4 is 57.2 Å². The molecule has 1 aliphatic heterocycles. The van der Waals surface area contributed by atoms with Crippen LogP contribution in [0.15, 0.2) is 59.6 Å². The summed E-state index contributed by atoms with van der Waals surface area (Å²) < 4.78 is 0.193. The molecule has 0 bridgehead atoms. The van der Waals surface area contributed by atoms with Crippen LogP contribution in [0.25, 0.3) is 17.1 Å². The fourth-order valence-electron chi connectivity index (χ4n) is 2.55. The zero-order valence-electron chi connectivity index (χ0n) is 14.2. The second kappa shape index (κ2) is 7.37. The Morgan fingerprint density at radius 1 is 1.18 bits per heavy atom. The molecule has 0 atom stereocenters. The second-order valence-electron chi connectivity index (χ2n) is 5.79. The third kappa shape index (κ3) is 3.57. The van der Waals surface area contributed by atoms with Crippen LogP contribution in [0.2, 0.25) is 0 Å². The van der Waals surface area contributed by atoms with E-state index < -0.39 is 11.8 Å². The van der Waals surface area contributed by atoms with Gasteiger partial charge < -0.3 is 5.11 Å². The Hall–Kier alpha value is -3.30. The summed E-state index contributed by atoms with van der Waals surface area (Å²) in [5.74, 6) is -1.06. The first-order valence-corrected chi connectivity index (χ1v) is 9.33. The number of carbonyl (C=O) groups is 2. The number of hydrazine groups is 1. The lowest BCUT2D eigenvalue weighted by Crippen LogP contribution is -2.44. The van der Waals surface area contributed by atoms with Gasteiger partial charge >= 0.3 is 0 Å². The summed E-state index contributed by atoms with van der Waals surface area (Å²) in [5.41, 5.74) is 4.65. The van der Waals surface area contributed by atoms with Crippen molar-refractivity contribution in [3.63, 3.8) is 0 Å². The molecule has 138 valence electrons. The van der Waals surface area contributed by atoms with Crippen LogP contribution in [0.4, 0.5) is 0 Å². The van der Waals surface area contributed by atoms with Crippen LogP contribution in [-0.4, -0.2) is 36.2 Å². The first kappa shape index (κ1) is 18.1. The first-order chi connectivity index (χ1) is 13.5. The lowest BCUT2D eigenvalue weighted by molar-refractivity contribution is -0.123. The molecule has 1 aliphatic rings. The summed E-state index contributed by atoms with van der Waals surface area (Å²) in [4.78, 5) is 34.1. The van der Waals surface area contributed by atoms with Crippen LogP contribution >= 0.6 is 24.0 Å². The fourth-order valence-corrected chi connectivity index (χ4v) is 3.72. The number of thiocarbonyl (C=S) groups is 1. The number of fused-ring (bicyclic) bond motifs is 1. The molecular formula is C19H12N4O3S2. The highest BCUT2D eigenvalue weighted by Crippen LogP contribution is 2.31. The predicted octanol–water partition coefficient (Wildman–Crippen LogP) is 2.88. The number of aromatic hydroxyl groups is 1. The SMILES string of the molecule is O=C(NN1C(=O)C(=Cc2cnc3ccccc3n2)SC1=S)c1cccc(O)c1. The van der Waals surface area contributed by atoms with Crippen LogP contribution in [0, 0.1) is 0 Å². The maximum Gasteiger partial charge on any atom is 0.285 e. The molecule has 0 saturated carbocycles. The Labute approximate surface area is 169 Å². The number of hydrogen-bond acceptors (Lipinski definition) is 7. The van der Waals surface area contributed by atoms with Gasteiger partial charge in [0, 0.05) is 5.56 Å². The van der Waals surface area contributed by atoms with Crippen LogP contribution in [0.1, 0.15) is 16.1 Å². The molecule has 1 aromatic heterocycles. The molecule has 3 aromatic rings. The lowest BCUT2D eigenvalue weighted by atomic mass is 10.2. The van der Waals surface area contributed by atoms with Gasteiger partial charge in [0.25, 0.3) is 11.8 Å². The van der Waals surface area contributed by atoms with E-state index in [1.54, 1.807) is 12.3 Å². The number of phenols is 1. The number of aromatic nitrogens is 2. The Morgan fingerprint density at radius 2 is 1.96 bits per heavy atom. The summed E-state index contributed by atoms with van der Waals surface area (Å²) >= 11 is 6.27. The van der Waals surface area contributed by atoms with Gasteiger partial charge in [0.1, 0.15) is 5.75 Å². The minimum atomic E-state index is -0.557. The molecule has 2 amide bonds. The van der Waals surface area contributed by atoms with Gasteiger partial charge in [-0.1, -0.05) is 30.0 Å². The molecule has 2 heterocycles. The standard InChI is InChI=1S/C19H12N4O3S2/c24-13-5-3-4-11(8-13)17(25)22-23-18(26)16(28-19(23)27)9-12-10-20-14-6-1-2-7-15(14)21-12/h1-10,24H,(H,22,25). The monoisotopic (exact) mass is 408 g/mol. The summed E-state index contributed by atoms with van der Waals surface area (Å²) in [6.07, 6.45) is 3.15. The first-order valence-electron chi connectivity index (χ1n) is 8.11. The van der Waals surface area contributed by atoms with E-state index in [2.05, 4.69) is 15.4 Å². The smallest absolute Gasteiger partial charge is 0.285 e. The maximum absolute atomic E-state index is 12.7. The average Bonchev–Trinajstić information content (AvgIpc) is 2.95. The van der Waals surface area contributed by atoms with Crippen molar-refractivity contribution in [3.8, 4) is 5.75 Å². The quantitative estimate of drug-likeness (QED) is 0.508. The Morgan fingerprint density at radius 3 is 2.75 bits per heavy atom. The highest BCUT2D eigenvalue weighted by Gasteiger charge is 2.34. The van der Waals surface area contributed by atoms with Gasteiger partial charge in [-0.05, 0) is 48.6 Å². The molecule has 7 nitrogen and oxygen atoms in total. The normalized spacial score (nSPS) is 15.4. The predicted molar refractivity (Wildman–Crippen MR) is 110 cm³/mol. The number of nitrogens with zero attached hydrogens (tertiary/aromatic N) is 3. The van der Waals surface area contributed by atoms with E-state index in [0.29, 0.717) is 16.1 Å². The number of thioether (sulfide) groups is 1. The largest absolute Gasteiger partial charge is 0.508 e. The zero-order chi connectivity index (χ0) is 19.7. The molecule has 0 spiro atoms. The molecule has 0 radical (unpaired) electrons. The topological polar surface area (TPSA) is 95.4 Å². The molecule has 1 saturated heterocycles. The van der Waals surface area contributed by atoms with Gasteiger partial charge in [-0.15, -0.1) is 0 Å². The van der Waals surface area contributed by atoms with Crippen molar-refractivity contribution in [2.45, 2.75) is 0 Å². The van der Waals surface area contributed by atoms with E-state index in [-0.39, 0.29) is 15.6 Å². The van der Waals surface area contributed by atoms with Crippen LogP contribution in [0.5, 0.6) is 5.75 Å². The Bertz CT molecular complexity index is 1160. The van der Waals surface area contributed by atoms with Gasteiger partial charge in [0.15, 0.2) is 4.32 Å². The van der Waals surface area contributed by atoms with Gasteiger partial charge in [0.05, 0.1) is 27.8 Å². The Balaban J connectivity index is 1.56. The minimum absolute atomic E-state index is 0.0483. The summed E-state index contributed by atoms with van der Waals surface area (Å²) in [5, 5.41) is 10.5. The maximum atomic E-state index is 12.7. The fraction of sp³-hybridized carbons (Fsp3) is 0. The van der Waals surface area contributed by atoms with Crippen molar-refractivity contribution in [1.82, 2.24) is 20.4 Å². The summed E-state index contributed by atoms with van der Waals surface area (Å²) in [6.45, 7) is 0. The van der Waals surface area contributed by atoms with Gasteiger partial charge in [-0.3, -0.25) is 20.0 Å². The zero-order valence-corrected chi connectivity index (χ0v) is 15.8. The van der Waals surface area contributed by atoms with Crippen molar-refractivity contribution in [1.29, 1.82) is 0 Å². The van der Waals surface area contributed by atoms with E-state index >= 15 is 0 Å². The number of nitrogens with one attached hydrogen (secondary N) is 1. The van der Waals surface area contributed by atoms with Crippen LogP contribution in [-0.2, 0) is 4.79 Å². The number of amides is 2. The van der Waals surface area contributed by atoms with Crippen LogP contribution < -0.4 is 5.43 Å². The third-order valence-corrected chi connectivity index (χ3v) is 5.16. The number of carbonyl (C=O) groups excluding carboxylic acids is 2. The number of para-hydroxylation sites is 2. The van der Waals surface area contributed by atoms with Crippen molar-refractivity contribution in [2.24, 2.45) is 0 Å². The lowest BCUT2D eigenvalue weighted by Gasteiger charge is -2.15. The van der Waals surface area contributed by atoms with E-state index in [1.807, 2.05) is 24.3 Å². The number of hydrogen-bond donors (Lipinski definition) is 2. The summed E-state index contributed by atoms with van der Waals surface area (Å²) in [7, 11) is 0. The van der Waals surface area contributed by atoms with E-state index in [4.69, 9.17) is 12.2 Å². The number of rotatable bonds is 3.